The zero-order valence-electron chi connectivity index (χ0n) is 12.2. The molecule has 0 bridgehead atoms. The molecule has 0 fully saturated rings. The molecule has 1 aromatic heterocycles. The van der Waals surface area contributed by atoms with E-state index in [0.717, 1.165) is 11.1 Å². The quantitative estimate of drug-likeness (QED) is 0.945. The molecule has 0 saturated carbocycles. The van der Waals surface area contributed by atoms with Crippen LogP contribution in [0.15, 0.2) is 41.3 Å². The van der Waals surface area contributed by atoms with Crippen LogP contribution in [0.5, 0.6) is 0 Å². The number of aryl methyl sites for hydroxylation is 1. The number of benzene rings is 1. The van der Waals surface area contributed by atoms with Crippen LogP contribution in [0, 0.1) is 13.8 Å². The molecular weight excluding hydrogens is 288 g/mol. The first-order chi connectivity index (χ1) is 9.90. The van der Waals surface area contributed by atoms with Crippen LogP contribution in [0.3, 0.4) is 0 Å². The molecule has 1 N–H and O–H groups in total. The van der Waals surface area contributed by atoms with Gasteiger partial charge in [0.05, 0.1) is 0 Å². The summed E-state index contributed by atoms with van der Waals surface area (Å²) < 4.78 is 1.40. The van der Waals surface area contributed by atoms with E-state index >= 15 is 0 Å². The molecule has 0 aliphatic carbocycles. The molecule has 110 valence electrons. The van der Waals surface area contributed by atoms with Crippen molar-refractivity contribution in [2.24, 2.45) is 0 Å². The number of nitrogens with one attached hydrogen (secondary N) is 1. The number of carbonyl (C=O) groups excluding carboxylic acids is 1. The fourth-order valence-corrected chi connectivity index (χ4v) is 2.19. The third kappa shape index (κ3) is 3.34. The van der Waals surface area contributed by atoms with Crippen molar-refractivity contribution >= 4 is 23.2 Å². The first-order valence-corrected chi connectivity index (χ1v) is 7.02. The SMILES string of the molecule is Cc1ccn(C(C)C(=O)Nc2cccc(Cl)c2C)c(=O)c1. The Morgan fingerprint density at radius 2 is 2.00 bits per heavy atom. The highest BCUT2D eigenvalue weighted by atomic mass is 35.5. The first-order valence-electron chi connectivity index (χ1n) is 6.65. The van der Waals surface area contributed by atoms with Crippen molar-refractivity contribution in [1.82, 2.24) is 4.57 Å². The topological polar surface area (TPSA) is 51.1 Å². The summed E-state index contributed by atoms with van der Waals surface area (Å²) in [5.74, 6) is -0.258. The van der Waals surface area contributed by atoms with Gasteiger partial charge in [0, 0.05) is 23.0 Å². The number of hydrogen-bond acceptors (Lipinski definition) is 2. The molecule has 4 nitrogen and oxygen atoms in total. The van der Waals surface area contributed by atoms with E-state index in [1.807, 2.05) is 13.8 Å². The highest BCUT2D eigenvalue weighted by molar-refractivity contribution is 6.31. The van der Waals surface area contributed by atoms with Gasteiger partial charge < -0.3 is 9.88 Å². The van der Waals surface area contributed by atoms with Gasteiger partial charge in [-0.3, -0.25) is 9.59 Å². The van der Waals surface area contributed by atoms with Crippen LogP contribution in [0.1, 0.15) is 24.1 Å². The van der Waals surface area contributed by atoms with Crippen LogP contribution in [-0.2, 0) is 4.79 Å². The van der Waals surface area contributed by atoms with Gasteiger partial charge in [-0.2, -0.15) is 0 Å². The van der Waals surface area contributed by atoms with Crippen molar-refractivity contribution in [3.05, 3.63) is 63.0 Å². The third-order valence-electron chi connectivity index (χ3n) is 3.43. The average Bonchev–Trinajstić information content (AvgIpc) is 2.43. The minimum atomic E-state index is -0.600. The highest BCUT2D eigenvalue weighted by Crippen LogP contribution is 2.23. The number of carbonyl (C=O) groups is 1. The molecule has 2 rings (SSSR count). The van der Waals surface area contributed by atoms with Crippen molar-refractivity contribution in [3.63, 3.8) is 0 Å². The van der Waals surface area contributed by atoms with E-state index in [0.29, 0.717) is 10.7 Å². The van der Waals surface area contributed by atoms with E-state index in [-0.39, 0.29) is 11.5 Å². The number of aromatic nitrogens is 1. The van der Waals surface area contributed by atoms with E-state index in [4.69, 9.17) is 11.6 Å². The molecule has 0 radical (unpaired) electrons. The standard InChI is InChI=1S/C16H17ClN2O2/c1-10-7-8-19(15(20)9-10)12(3)16(21)18-14-6-4-5-13(17)11(14)2/h4-9,12H,1-3H3,(H,18,21). The fraction of sp³-hybridized carbons (Fsp3) is 0.250. The van der Waals surface area contributed by atoms with Crippen molar-refractivity contribution in [1.29, 1.82) is 0 Å². The van der Waals surface area contributed by atoms with Gasteiger partial charge in [0.2, 0.25) is 5.91 Å². The number of amides is 1. The summed E-state index contributed by atoms with van der Waals surface area (Å²) in [7, 11) is 0. The van der Waals surface area contributed by atoms with Crippen molar-refractivity contribution in [3.8, 4) is 0 Å². The predicted molar refractivity (Wildman–Crippen MR) is 85.0 cm³/mol. The molecular formula is C16H17ClN2O2. The number of pyridine rings is 1. The predicted octanol–water partition coefficient (Wildman–Crippen LogP) is 3.32. The lowest BCUT2D eigenvalue weighted by Gasteiger charge is -2.16. The molecule has 0 saturated heterocycles. The number of hydrogen-bond donors (Lipinski definition) is 1. The lowest BCUT2D eigenvalue weighted by molar-refractivity contribution is -0.118. The van der Waals surface area contributed by atoms with Gasteiger partial charge in [-0.15, -0.1) is 0 Å². The summed E-state index contributed by atoms with van der Waals surface area (Å²) in [6.45, 7) is 5.36. The van der Waals surface area contributed by atoms with Gasteiger partial charge in [0.15, 0.2) is 0 Å². The lowest BCUT2D eigenvalue weighted by atomic mass is 10.2. The van der Waals surface area contributed by atoms with Gasteiger partial charge in [-0.1, -0.05) is 17.7 Å². The second-order valence-corrected chi connectivity index (χ2v) is 5.43. The molecule has 0 aliphatic heterocycles. The number of anilines is 1. The second kappa shape index (κ2) is 6.14. The fourth-order valence-electron chi connectivity index (χ4n) is 2.02. The van der Waals surface area contributed by atoms with Crippen molar-refractivity contribution < 1.29 is 4.79 Å². The maximum absolute atomic E-state index is 12.3. The summed E-state index contributed by atoms with van der Waals surface area (Å²) in [6, 6.07) is 8.03. The van der Waals surface area contributed by atoms with Crippen LogP contribution in [0.2, 0.25) is 5.02 Å². The Kier molecular flexibility index (Phi) is 4.48. The highest BCUT2D eigenvalue weighted by Gasteiger charge is 2.17. The molecule has 1 amide bonds. The number of rotatable bonds is 3. The van der Waals surface area contributed by atoms with Crippen LogP contribution in [0.4, 0.5) is 5.69 Å². The lowest BCUT2D eigenvalue weighted by Crippen LogP contribution is -2.31. The minimum Gasteiger partial charge on any atom is -0.324 e. The molecule has 0 aliphatic rings. The Morgan fingerprint density at radius 1 is 1.29 bits per heavy atom. The van der Waals surface area contributed by atoms with Gasteiger partial charge in [0.1, 0.15) is 6.04 Å². The summed E-state index contributed by atoms with van der Waals surface area (Å²) in [5, 5.41) is 3.40. The van der Waals surface area contributed by atoms with Crippen LogP contribution in [0.25, 0.3) is 0 Å². The molecule has 0 spiro atoms. The van der Waals surface area contributed by atoms with Crippen molar-refractivity contribution in [2.45, 2.75) is 26.8 Å². The van der Waals surface area contributed by atoms with Crippen LogP contribution < -0.4 is 10.9 Å². The summed E-state index contributed by atoms with van der Waals surface area (Å²) in [4.78, 5) is 24.2. The van der Waals surface area contributed by atoms with Crippen LogP contribution >= 0.6 is 11.6 Å². The Morgan fingerprint density at radius 3 is 2.67 bits per heavy atom. The zero-order chi connectivity index (χ0) is 15.6. The van der Waals surface area contributed by atoms with E-state index in [2.05, 4.69) is 5.32 Å². The van der Waals surface area contributed by atoms with Gasteiger partial charge in [-0.05, 0) is 50.1 Å². The van der Waals surface area contributed by atoms with Gasteiger partial charge in [-0.25, -0.2) is 0 Å². The third-order valence-corrected chi connectivity index (χ3v) is 3.84. The molecule has 2 aromatic rings. The van der Waals surface area contributed by atoms with E-state index in [1.165, 1.54) is 10.6 Å². The maximum Gasteiger partial charge on any atom is 0.251 e. The molecule has 5 heteroatoms. The second-order valence-electron chi connectivity index (χ2n) is 5.03. The molecule has 21 heavy (non-hydrogen) atoms. The molecule has 1 heterocycles. The van der Waals surface area contributed by atoms with Gasteiger partial charge in [0.25, 0.3) is 5.56 Å². The average molecular weight is 305 g/mol. The number of halogens is 1. The summed E-state index contributed by atoms with van der Waals surface area (Å²) in [5.41, 5.74) is 2.13. The maximum atomic E-state index is 12.3. The first kappa shape index (κ1) is 15.3. The van der Waals surface area contributed by atoms with E-state index < -0.39 is 6.04 Å². The Balaban J connectivity index is 2.24. The smallest absolute Gasteiger partial charge is 0.251 e. The zero-order valence-corrected chi connectivity index (χ0v) is 12.9. The number of nitrogens with zero attached hydrogens (tertiary/aromatic N) is 1. The Hall–Kier alpha value is -2.07. The van der Waals surface area contributed by atoms with Crippen LogP contribution in [-0.4, -0.2) is 10.5 Å². The van der Waals surface area contributed by atoms with E-state index in [9.17, 15) is 9.59 Å². The Bertz CT molecular complexity index is 737. The largest absolute Gasteiger partial charge is 0.324 e. The minimum absolute atomic E-state index is 0.194. The molecule has 1 unspecified atom stereocenters. The normalized spacial score (nSPS) is 12.0. The van der Waals surface area contributed by atoms with Crippen molar-refractivity contribution in [2.75, 3.05) is 5.32 Å². The Labute approximate surface area is 128 Å². The molecule has 1 atom stereocenters. The van der Waals surface area contributed by atoms with Gasteiger partial charge >= 0.3 is 0 Å². The molecule has 1 aromatic carbocycles. The summed E-state index contributed by atoms with van der Waals surface area (Å²) >= 11 is 6.03. The summed E-state index contributed by atoms with van der Waals surface area (Å²) in [6.07, 6.45) is 1.63. The monoisotopic (exact) mass is 304 g/mol. The van der Waals surface area contributed by atoms with E-state index in [1.54, 1.807) is 37.4 Å².